The number of carbonyl (C=O) groups is 1. The third-order valence-electron chi connectivity index (χ3n) is 3.12. The zero-order valence-electron chi connectivity index (χ0n) is 12.9. The van der Waals surface area contributed by atoms with Crippen LogP contribution in [0.25, 0.3) is 5.70 Å². The number of anilines is 1. The maximum absolute atomic E-state index is 12.6. The summed E-state index contributed by atoms with van der Waals surface area (Å²) in [7, 11) is 0. The van der Waals surface area contributed by atoms with E-state index in [9.17, 15) is 18.0 Å². The van der Waals surface area contributed by atoms with Crippen LogP contribution in [0.15, 0.2) is 60.7 Å². The number of hydrogen-bond donors (Lipinski definition) is 1. The van der Waals surface area contributed by atoms with Crippen molar-refractivity contribution in [1.29, 1.82) is 0 Å². The topological polar surface area (TPSA) is 38.3 Å². The van der Waals surface area contributed by atoms with Crippen LogP contribution in [-0.2, 0) is 15.7 Å². The van der Waals surface area contributed by atoms with Crippen LogP contribution in [0.1, 0.15) is 18.1 Å². The molecule has 0 aliphatic heterocycles. The Bertz CT molecular complexity index is 707. The Morgan fingerprint density at radius 1 is 1.08 bits per heavy atom. The highest BCUT2D eigenvalue weighted by molar-refractivity contribution is 5.94. The highest BCUT2D eigenvalue weighted by Crippen LogP contribution is 2.30. The molecule has 0 aliphatic rings. The summed E-state index contributed by atoms with van der Waals surface area (Å²) in [6.07, 6.45) is -3.11. The van der Waals surface area contributed by atoms with Crippen LogP contribution in [-0.4, -0.2) is 12.6 Å². The van der Waals surface area contributed by atoms with Gasteiger partial charge in [0, 0.05) is 11.8 Å². The lowest BCUT2D eigenvalue weighted by molar-refractivity contribution is -0.138. The molecule has 0 saturated carbocycles. The van der Waals surface area contributed by atoms with Gasteiger partial charge in [0.05, 0.1) is 17.9 Å². The highest BCUT2D eigenvalue weighted by atomic mass is 19.4. The minimum Gasteiger partial charge on any atom is -0.463 e. The van der Waals surface area contributed by atoms with Crippen molar-refractivity contribution in [2.75, 3.05) is 11.9 Å². The number of nitrogens with one attached hydrogen (secondary N) is 1. The summed E-state index contributed by atoms with van der Waals surface area (Å²) in [4.78, 5) is 11.7. The SMILES string of the molecule is CCOC(=O)/C=C(\Nc1ccc(C(F)(F)F)cc1)c1ccccc1. The molecule has 0 unspecified atom stereocenters. The van der Waals surface area contributed by atoms with E-state index in [-0.39, 0.29) is 6.61 Å². The van der Waals surface area contributed by atoms with Gasteiger partial charge < -0.3 is 10.1 Å². The molecule has 3 nitrogen and oxygen atoms in total. The second-order valence-electron chi connectivity index (χ2n) is 4.88. The van der Waals surface area contributed by atoms with E-state index < -0.39 is 17.7 Å². The van der Waals surface area contributed by atoms with Crippen molar-refractivity contribution >= 4 is 17.4 Å². The number of hydrogen-bond acceptors (Lipinski definition) is 3. The second-order valence-corrected chi connectivity index (χ2v) is 4.88. The van der Waals surface area contributed by atoms with Crippen LogP contribution in [0.3, 0.4) is 0 Å². The molecular weight excluding hydrogens is 319 g/mol. The Morgan fingerprint density at radius 2 is 1.71 bits per heavy atom. The zero-order chi connectivity index (χ0) is 17.6. The van der Waals surface area contributed by atoms with Gasteiger partial charge in [0.15, 0.2) is 0 Å². The maximum atomic E-state index is 12.6. The van der Waals surface area contributed by atoms with Gasteiger partial charge in [-0.25, -0.2) is 4.79 Å². The first-order valence-corrected chi connectivity index (χ1v) is 7.28. The van der Waals surface area contributed by atoms with Crippen LogP contribution in [0.5, 0.6) is 0 Å². The van der Waals surface area contributed by atoms with E-state index in [4.69, 9.17) is 4.74 Å². The van der Waals surface area contributed by atoms with Crippen LogP contribution in [0.4, 0.5) is 18.9 Å². The Hall–Kier alpha value is -2.76. The molecular formula is C18H16F3NO2. The van der Waals surface area contributed by atoms with Gasteiger partial charge in [-0.2, -0.15) is 13.2 Å². The number of benzene rings is 2. The summed E-state index contributed by atoms with van der Waals surface area (Å²) in [6.45, 7) is 1.93. The summed E-state index contributed by atoms with van der Waals surface area (Å²) >= 11 is 0. The molecule has 0 atom stereocenters. The predicted molar refractivity (Wildman–Crippen MR) is 86.1 cm³/mol. The summed E-state index contributed by atoms with van der Waals surface area (Å²) < 4.78 is 42.7. The lowest BCUT2D eigenvalue weighted by Gasteiger charge is -2.13. The Balaban J connectivity index is 2.27. The van der Waals surface area contributed by atoms with E-state index in [0.717, 1.165) is 12.1 Å². The molecule has 2 aromatic carbocycles. The summed E-state index contributed by atoms with van der Waals surface area (Å²) in [5, 5.41) is 2.96. The molecule has 0 saturated heterocycles. The van der Waals surface area contributed by atoms with Gasteiger partial charge in [-0.15, -0.1) is 0 Å². The van der Waals surface area contributed by atoms with Crippen molar-refractivity contribution in [1.82, 2.24) is 0 Å². The maximum Gasteiger partial charge on any atom is 0.416 e. The summed E-state index contributed by atoms with van der Waals surface area (Å²) in [6, 6.07) is 13.6. The Labute approximate surface area is 137 Å². The van der Waals surface area contributed by atoms with E-state index >= 15 is 0 Å². The lowest BCUT2D eigenvalue weighted by atomic mass is 10.1. The third-order valence-corrected chi connectivity index (χ3v) is 3.12. The van der Waals surface area contributed by atoms with Crippen molar-refractivity contribution in [2.24, 2.45) is 0 Å². The molecule has 0 spiro atoms. The van der Waals surface area contributed by atoms with Gasteiger partial charge in [-0.3, -0.25) is 0 Å². The van der Waals surface area contributed by atoms with E-state index in [1.807, 2.05) is 6.07 Å². The van der Waals surface area contributed by atoms with Crippen LogP contribution < -0.4 is 5.32 Å². The van der Waals surface area contributed by atoms with Gasteiger partial charge >= 0.3 is 12.1 Å². The lowest BCUT2D eigenvalue weighted by Crippen LogP contribution is -2.07. The molecule has 2 aromatic rings. The summed E-state index contributed by atoms with van der Waals surface area (Å²) in [5.41, 5.74) is 0.852. The average molecular weight is 335 g/mol. The van der Waals surface area contributed by atoms with E-state index in [0.29, 0.717) is 16.9 Å². The standard InChI is InChI=1S/C18H16F3NO2/c1-2-24-17(23)12-16(13-6-4-3-5-7-13)22-15-10-8-14(9-11-15)18(19,20)21/h3-12,22H,2H2,1H3/b16-12-. The molecule has 126 valence electrons. The molecule has 0 fully saturated rings. The highest BCUT2D eigenvalue weighted by Gasteiger charge is 2.29. The fourth-order valence-electron chi connectivity index (χ4n) is 2.01. The smallest absolute Gasteiger partial charge is 0.416 e. The molecule has 2 rings (SSSR count). The first kappa shape index (κ1) is 17.6. The normalized spacial score (nSPS) is 11.9. The van der Waals surface area contributed by atoms with Gasteiger partial charge in [0.1, 0.15) is 0 Å². The third kappa shape index (κ3) is 4.87. The van der Waals surface area contributed by atoms with Gasteiger partial charge in [-0.1, -0.05) is 30.3 Å². The molecule has 0 heterocycles. The Morgan fingerprint density at radius 3 is 2.25 bits per heavy atom. The minimum atomic E-state index is -4.39. The van der Waals surface area contributed by atoms with Gasteiger partial charge in [-0.05, 0) is 36.8 Å². The summed E-state index contributed by atoms with van der Waals surface area (Å²) in [5.74, 6) is -0.532. The van der Waals surface area contributed by atoms with Gasteiger partial charge in [0.25, 0.3) is 0 Å². The number of rotatable bonds is 5. The number of alkyl halides is 3. The van der Waals surface area contributed by atoms with Crippen LogP contribution in [0, 0.1) is 0 Å². The first-order valence-electron chi connectivity index (χ1n) is 7.28. The average Bonchev–Trinajstić information content (AvgIpc) is 2.55. The van der Waals surface area contributed by atoms with E-state index in [2.05, 4.69) is 5.32 Å². The first-order chi connectivity index (χ1) is 11.4. The fraction of sp³-hybridized carbons (Fsp3) is 0.167. The predicted octanol–water partition coefficient (Wildman–Crippen LogP) is 4.72. The largest absolute Gasteiger partial charge is 0.463 e. The van der Waals surface area contributed by atoms with Crippen molar-refractivity contribution in [2.45, 2.75) is 13.1 Å². The molecule has 6 heteroatoms. The monoisotopic (exact) mass is 335 g/mol. The molecule has 0 aromatic heterocycles. The van der Waals surface area contributed by atoms with Crippen molar-refractivity contribution < 1.29 is 22.7 Å². The molecule has 0 bridgehead atoms. The molecule has 24 heavy (non-hydrogen) atoms. The van der Waals surface area contributed by atoms with Crippen molar-refractivity contribution in [3.8, 4) is 0 Å². The number of halogens is 3. The molecule has 0 amide bonds. The second kappa shape index (κ2) is 7.68. The van der Waals surface area contributed by atoms with Crippen molar-refractivity contribution in [3.05, 3.63) is 71.8 Å². The van der Waals surface area contributed by atoms with Crippen LogP contribution >= 0.6 is 0 Å². The number of carbonyl (C=O) groups excluding carboxylic acids is 1. The molecule has 0 radical (unpaired) electrons. The molecule has 0 aliphatic carbocycles. The van der Waals surface area contributed by atoms with E-state index in [1.54, 1.807) is 31.2 Å². The quantitative estimate of drug-likeness (QED) is 0.634. The van der Waals surface area contributed by atoms with Crippen LogP contribution in [0.2, 0.25) is 0 Å². The minimum absolute atomic E-state index is 0.234. The number of esters is 1. The number of ether oxygens (including phenoxy) is 1. The van der Waals surface area contributed by atoms with Crippen molar-refractivity contribution in [3.63, 3.8) is 0 Å². The Kier molecular flexibility index (Phi) is 5.63. The molecule has 1 N–H and O–H groups in total. The zero-order valence-corrected chi connectivity index (χ0v) is 12.9. The van der Waals surface area contributed by atoms with E-state index in [1.165, 1.54) is 18.2 Å². The fourth-order valence-corrected chi connectivity index (χ4v) is 2.01. The van der Waals surface area contributed by atoms with Gasteiger partial charge in [0.2, 0.25) is 0 Å².